The Morgan fingerprint density at radius 3 is 2.78 bits per heavy atom. The summed E-state index contributed by atoms with van der Waals surface area (Å²) in [6.07, 6.45) is 1.67. The van der Waals surface area contributed by atoms with Crippen molar-refractivity contribution >= 4 is 9.84 Å². The number of benzene rings is 1. The average molecular weight is 270 g/mol. The lowest BCUT2D eigenvalue weighted by molar-refractivity contribution is 0.579. The largest absolute Gasteiger partial charge is 0.313 e. The second-order valence-electron chi connectivity index (χ2n) is 4.08. The molecule has 0 spiro atoms. The van der Waals surface area contributed by atoms with Crippen LogP contribution in [-0.4, -0.2) is 27.0 Å². The van der Waals surface area contributed by atoms with Gasteiger partial charge in [-0.2, -0.15) is 5.26 Å². The molecule has 98 valence electrons. The van der Waals surface area contributed by atoms with Gasteiger partial charge in [0.2, 0.25) is 0 Å². The highest BCUT2D eigenvalue weighted by atomic mass is 32.2. The van der Waals surface area contributed by atoms with Crippen LogP contribution in [0.1, 0.15) is 17.5 Å². The van der Waals surface area contributed by atoms with Crippen LogP contribution in [0.25, 0.3) is 0 Å². The standard InChI is InChI=1S/C12H15FN2O2S/c1-18(16,17)6-2-5-15-9-11-7-10(8-14)3-4-12(11)13/h3-4,7,15H,2,5-6,9H2,1H3. The monoisotopic (exact) mass is 270 g/mol. The molecule has 0 aliphatic carbocycles. The van der Waals surface area contributed by atoms with Crippen molar-refractivity contribution in [2.45, 2.75) is 13.0 Å². The van der Waals surface area contributed by atoms with Gasteiger partial charge in [-0.05, 0) is 31.2 Å². The van der Waals surface area contributed by atoms with Crippen LogP contribution >= 0.6 is 0 Å². The van der Waals surface area contributed by atoms with Crippen LogP contribution in [0.3, 0.4) is 0 Å². The molecule has 0 aromatic heterocycles. The van der Waals surface area contributed by atoms with E-state index in [1.807, 2.05) is 6.07 Å². The first kappa shape index (κ1) is 14.6. The van der Waals surface area contributed by atoms with E-state index in [4.69, 9.17) is 5.26 Å². The SMILES string of the molecule is CS(=O)(=O)CCCNCc1cc(C#N)ccc1F. The van der Waals surface area contributed by atoms with Crippen molar-refractivity contribution in [3.8, 4) is 6.07 Å². The van der Waals surface area contributed by atoms with Crippen molar-refractivity contribution in [3.05, 3.63) is 35.1 Å². The molecule has 0 bridgehead atoms. The third-order valence-corrected chi connectivity index (χ3v) is 3.39. The minimum atomic E-state index is -2.95. The molecule has 0 amide bonds. The Balaban J connectivity index is 2.42. The molecule has 0 atom stereocenters. The van der Waals surface area contributed by atoms with Crippen molar-refractivity contribution in [1.29, 1.82) is 5.26 Å². The Hall–Kier alpha value is -1.45. The van der Waals surface area contributed by atoms with Crippen molar-refractivity contribution in [2.24, 2.45) is 0 Å². The topological polar surface area (TPSA) is 70.0 Å². The maximum absolute atomic E-state index is 13.4. The number of sulfone groups is 1. The maximum atomic E-state index is 13.4. The van der Waals surface area contributed by atoms with Gasteiger partial charge in [-0.1, -0.05) is 0 Å². The van der Waals surface area contributed by atoms with E-state index in [0.717, 1.165) is 0 Å². The number of halogens is 1. The minimum absolute atomic E-state index is 0.112. The molecular formula is C12H15FN2O2S. The predicted molar refractivity (Wildman–Crippen MR) is 67.1 cm³/mol. The van der Waals surface area contributed by atoms with E-state index in [2.05, 4.69) is 5.32 Å². The summed E-state index contributed by atoms with van der Waals surface area (Å²) in [6.45, 7) is 0.772. The van der Waals surface area contributed by atoms with Crippen LogP contribution in [0.2, 0.25) is 0 Å². The molecule has 1 aromatic carbocycles. The van der Waals surface area contributed by atoms with E-state index >= 15 is 0 Å². The highest BCUT2D eigenvalue weighted by Crippen LogP contribution is 2.09. The highest BCUT2D eigenvalue weighted by molar-refractivity contribution is 7.90. The lowest BCUT2D eigenvalue weighted by Gasteiger charge is -2.06. The van der Waals surface area contributed by atoms with Crippen molar-refractivity contribution < 1.29 is 12.8 Å². The molecule has 18 heavy (non-hydrogen) atoms. The lowest BCUT2D eigenvalue weighted by Crippen LogP contribution is -2.18. The number of hydrogen-bond donors (Lipinski definition) is 1. The Morgan fingerprint density at radius 1 is 1.44 bits per heavy atom. The number of nitriles is 1. The summed E-state index contributed by atoms with van der Waals surface area (Å²) < 4.78 is 35.1. The Kier molecular flexibility index (Phi) is 5.25. The summed E-state index contributed by atoms with van der Waals surface area (Å²) in [5, 5.41) is 11.6. The fraction of sp³-hybridized carbons (Fsp3) is 0.417. The van der Waals surface area contributed by atoms with Gasteiger partial charge in [0.25, 0.3) is 0 Å². The van der Waals surface area contributed by atoms with Crippen LogP contribution in [0, 0.1) is 17.1 Å². The molecule has 1 N–H and O–H groups in total. The van der Waals surface area contributed by atoms with E-state index in [0.29, 0.717) is 24.1 Å². The van der Waals surface area contributed by atoms with Gasteiger partial charge < -0.3 is 5.32 Å². The van der Waals surface area contributed by atoms with E-state index in [1.54, 1.807) is 0 Å². The minimum Gasteiger partial charge on any atom is -0.313 e. The van der Waals surface area contributed by atoms with E-state index in [-0.39, 0.29) is 18.1 Å². The number of nitrogens with zero attached hydrogens (tertiary/aromatic N) is 1. The van der Waals surface area contributed by atoms with Gasteiger partial charge in [-0.15, -0.1) is 0 Å². The first-order valence-electron chi connectivity index (χ1n) is 5.49. The molecule has 0 fully saturated rings. The zero-order chi connectivity index (χ0) is 13.6. The fourth-order valence-electron chi connectivity index (χ4n) is 1.46. The van der Waals surface area contributed by atoms with Gasteiger partial charge >= 0.3 is 0 Å². The van der Waals surface area contributed by atoms with Crippen LogP contribution in [-0.2, 0) is 16.4 Å². The summed E-state index contributed by atoms with van der Waals surface area (Å²) in [5.74, 6) is -0.259. The second-order valence-corrected chi connectivity index (χ2v) is 6.34. The molecule has 0 saturated carbocycles. The van der Waals surface area contributed by atoms with Gasteiger partial charge in [0.1, 0.15) is 15.7 Å². The molecular weight excluding hydrogens is 255 g/mol. The smallest absolute Gasteiger partial charge is 0.147 e. The molecule has 0 aliphatic heterocycles. The van der Waals surface area contributed by atoms with Gasteiger partial charge in [-0.25, -0.2) is 12.8 Å². The third-order valence-electron chi connectivity index (χ3n) is 2.36. The number of nitrogens with one attached hydrogen (secondary N) is 1. The normalized spacial score (nSPS) is 11.2. The summed E-state index contributed by atoms with van der Waals surface area (Å²) in [7, 11) is -2.95. The summed E-state index contributed by atoms with van der Waals surface area (Å²) in [5.41, 5.74) is 0.817. The number of rotatable bonds is 6. The van der Waals surface area contributed by atoms with Crippen LogP contribution in [0.4, 0.5) is 4.39 Å². The molecule has 0 saturated heterocycles. The Morgan fingerprint density at radius 2 is 2.17 bits per heavy atom. The van der Waals surface area contributed by atoms with Crippen molar-refractivity contribution in [3.63, 3.8) is 0 Å². The van der Waals surface area contributed by atoms with Crippen molar-refractivity contribution in [1.82, 2.24) is 5.32 Å². The second kappa shape index (κ2) is 6.47. The fourth-order valence-corrected chi connectivity index (χ4v) is 2.13. The van der Waals surface area contributed by atoms with Crippen LogP contribution in [0.5, 0.6) is 0 Å². The summed E-state index contributed by atoms with van der Waals surface area (Å²) >= 11 is 0. The molecule has 0 heterocycles. The molecule has 1 rings (SSSR count). The highest BCUT2D eigenvalue weighted by Gasteiger charge is 2.04. The molecule has 1 aromatic rings. The molecule has 4 nitrogen and oxygen atoms in total. The van der Waals surface area contributed by atoms with Gasteiger partial charge in [0.15, 0.2) is 0 Å². The van der Waals surface area contributed by atoms with E-state index in [1.165, 1.54) is 24.5 Å². The molecule has 0 aliphatic rings. The lowest BCUT2D eigenvalue weighted by atomic mass is 10.1. The number of hydrogen-bond acceptors (Lipinski definition) is 4. The van der Waals surface area contributed by atoms with Gasteiger partial charge in [-0.3, -0.25) is 0 Å². The molecule has 0 unspecified atom stereocenters. The van der Waals surface area contributed by atoms with Gasteiger partial charge in [0.05, 0.1) is 17.4 Å². The predicted octanol–water partition coefficient (Wildman–Crippen LogP) is 1.22. The molecule has 6 heteroatoms. The third kappa shape index (κ3) is 5.25. The van der Waals surface area contributed by atoms with Gasteiger partial charge in [0, 0.05) is 18.4 Å². The van der Waals surface area contributed by atoms with E-state index in [9.17, 15) is 12.8 Å². The van der Waals surface area contributed by atoms with Crippen LogP contribution in [0.15, 0.2) is 18.2 Å². The first-order chi connectivity index (χ1) is 8.42. The zero-order valence-corrected chi connectivity index (χ0v) is 10.9. The average Bonchev–Trinajstić information content (AvgIpc) is 2.29. The molecule has 0 radical (unpaired) electrons. The maximum Gasteiger partial charge on any atom is 0.147 e. The van der Waals surface area contributed by atoms with E-state index < -0.39 is 9.84 Å². The van der Waals surface area contributed by atoms with Crippen molar-refractivity contribution in [2.75, 3.05) is 18.6 Å². The Labute approximate surface area is 106 Å². The Bertz CT molecular complexity index is 550. The summed E-state index contributed by atoms with van der Waals surface area (Å²) in [4.78, 5) is 0. The quantitative estimate of drug-likeness (QED) is 0.789. The zero-order valence-electron chi connectivity index (χ0n) is 10.1. The summed E-state index contributed by atoms with van der Waals surface area (Å²) in [6, 6.07) is 6.10. The van der Waals surface area contributed by atoms with Crippen LogP contribution < -0.4 is 5.32 Å². The first-order valence-corrected chi connectivity index (χ1v) is 7.55.